The lowest BCUT2D eigenvalue weighted by Gasteiger charge is -2.06. The molecule has 3 rings (SSSR count). The minimum absolute atomic E-state index is 0.114. The van der Waals surface area contributed by atoms with Gasteiger partial charge in [0.25, 0.3) is 5.91 Å². The zero-order valence-corrected chi connectivity index (χ0v) is 11.8. The number of nitrogens with one attached hydrogen (secondary N) is 2. The predicted octanol–water partition coefficient (Wildman–Crippen LogP) is 0.695. The lowest BCUT2D eigenvalue weighted by Crippen LogP contribution is -2.25. The van der Waals surface area contributed by atoms with Crippen molar-refractivity contribution in [1.82, 2.24) is 25.5 Å². The van der Waals surface area contributed by atoms with Crippen molar-refractivity contribution in [3.63, 3.8) is 0 Å². The van der Waals surface area contributed by atoms with Gasteiger partial charge in [-0.25, -0.2) is 4.98 Å². The molecule has 0 aliphatic heterocycles. The van der Waals surface area contributed by atoms with Crippen molar-refractivity contribution in [1.29, 1.82) is 0 Å². The summed E-state index contributed by atoms with van der Waals surface area (Å²) >= 11 is 1.51. The van der Waals surface area contributed by atoms with Gasteiger partial charge in [-0.1, -0.05) is 0 Å². The molecule has 8 heteroatoms. The molecule has 7 nitrogen and oxygen atoms in total. The molecule has 0 spiro atoms. The fourth-order valence-corrected chi connectivity index (χ4v) is 3.31. The summed E-state index contributed by atoms with van der Waals surface area (Å²) in [5.41, 5.74) is 6.51. The molecule has 0 unspecified atom stereocenters. The van der Waals surface area contributed by atoms with Crippen LogP contribution >= 0.6 is 11.3 Å². The predicted molar refractivity (Wildman–Crippen MR) is 75.6 cm³/mol. The van der Waals surface area contributed by atoms with Crippen molar-refractivity contribution in [2.75, 3.05) is 12.3 Å². The normalized spacial score (nSPS) is 14.0. The highest BCUT2D eigenvalue weighted by molar-refractivity contribution is 7.13. The lowest BCUT2D eigenvalue weighted by molar-refractivity contribution is 0.0953. The molecule has 1 aliphatic carbocycles. The van der Waals surface area contributed by atoms with Crippen molar-refractivity contribution in [2.24, 2.45) is 0 Å². The summed E-state index contributed by atoms with van der Waals surface area (Å²) in [6, 6.07) is 0. The maximum atomic E-state index is 12.0. The zero-order valence-electron chi connectivity index (χ0n) is 11.0. The first kappa shape index (κ1) is 13.0. The van der Waals surface area contributed by atoms with Crippen LogP contribution in [0.4, 0.5) is 5.95 Å². The molecule has 0 bridgehead atoms. The van der Waals surface area contributed by atoms with Gasteiger partial charge >= 0.3 is 0 Å². The summed E-state index contributed by atoms with van der Waals surface area (Å²) in [6.07, 6.45) is 4.99. The number of nitrogens with zero attached hydrogens (tertiary/aromatic N) is 3. The van der Waals surface area contributed by atoms with Crippen molar-refractivity contribution < 1.29 is 4.79 Å². The number of anilines is 1. The maximum absolute atomic E-state index is 12.0. The highest BCUT2D eigenvalue weighted by Crippen LogP contribution is 2.26. The quantitative estimate of drug-likeness (QED) is 0.768. The first-order chi connectivity index (χ1) is 9.72. The number of amides is 1. The summed E-state index contributed by atoms with van der Waals surface area (Å²) < 4.78 is 0. The lowest BCUT2D eigenvalue weighted by atomic mass is 10.0. The number of aryl methyl sites for hydroxylation is 2. The minimum Gasteiger partial charge on any atom is -0.367 e. The number of carbonyl (C=O) groups is 1. The third-order valence-corrected chi connectivity index (χ3v) is 4.39. The molecule has 0 saturated heterocycles. The van der Waals surface area contributed by atoms with Crippen LogP contribution in [0.15, 0.2) is 0 Å². The van der Waals surface area contributed by atoms with Gasteiger partial charge in [0.05, 0.1) is 5.69 Å². The molecule has 0 aromatic carbocycles. The van der Waals surface area contributed by atoms with E-state index in [4.69, 9.17) is 5.73 Å². The van der Waals surface area contributed by atoms with Gasteiger partial charge in [0.2, 0.25) is 5.95 Å². The first-order valence-electron chi connectivity index (χ1n) is 6.66. The second-order valence-electron chi connectivity index (χ2n) is 4.74. The van der Waals surface area contributed by atoms with Gasteiger partial charge in [-0.3, -0.25) is 9.89 Å². The van der Waals surface area contributed by atoms with Crippen LogP contribution < -0.4 is 11.1 Å². The van der Waals surface area contributed by atoms with Crippen molar-refractivity contribution in [2.45, 2.75) is 32.1 Å². The smallest absolute Gasteiger partial charge is 0.280 e. The molecule has 1 amide bonds. The number of nitrogen functional groups attached to an aromatic ring is 1. The van der Waals surface area contributed by atoms with E-state index in [1.807, 2.05) is 0 Å². The van der Waals surface area contributed by atoms with E-state index in [2.05, 4.69) is 25.5 Å². The van der Waals surface area contributed by atoms with Crippen molar-refractivity contribution in [3.05, 3.63) is 21.4 Å². The Bertz CT molecular complexity index is 596. The van der Waals surface area contributed by atoms with Crippen LogP contribution in [0.5, 0.6) is 0 Å². The van der Waals surface area contributed by atoms with E-state index < -0.39 is 0 Å². The van der Waals surface area contributed by atoms with E-state index in [0.717, 1.165) is 18.5 Å². The molecule has 0 radical (unpaired) electrons. The Balaban J connectivity index is 1.55. The highest BCUT2D eigenvalue weighted by Gasteiger charge is 2.18. The minimum atomic E-state index is -0.114. The maximum Gasteiger partial charge on any atom is 0.280 e. The molecule has 106 valence electrons. The fourth-order valence-electron chi connectivity index (χ4n) is 2.24. The number of carbonyl (C=O) groups excluding carboxylic acids is 1. The van der Waals surface area contributed by atoms with E-state index in [1.165, 1.54) is 29.1 Å². The largest absolute Gasteiger partial charge is 0.367 e. The number of aromatic nitrogens is 4. The van der Waals surface area contributed by atoms with Gasteiger partial charge in [-0.2, -0.15) is 4.98 Å². The van der Waals surface area contributed by atoms with E-state index in [0.29, 0.717) is 23.8 Å². The third kappa shape index (κ3) is 2.79. The molecule has 4 N–H and O–H groups in total. The molecular weight excluding hydrogens is 276 g/mol. The van der Waals surface area contributed by atoms with E-state index in [-0.39, 0.29) is 11.9 Å². The number of hydrogen-bond acceptors (Lipinski definition) is 6. The summed E-state index contributed by atoms with van der Waals surface area (Å²) in [7, 11) is 0. The Kier molecular flexibility index (Phi) is 3.64. The topological polar surface area (TPSA) is 110 Å². The second-order valence-corrected chi connectivity index (χ2v) is 5.83. The van der Waals surface area contributed by atoms with Crippen molar-refractivity contribution >= 4 is 23.2 Å². The van der Waals surface area contributed by atoms with Gasteiger partial charge in [-0.15, -0.1) is 16.4 Å². The van der Waals surface area contributed by atoms with Gasteiger partial charge < -0.3 is 11.1 Å². The Labute approximate surface area is 120 Å². The second kappa shape index (κ2) is 5.58. The standard InChI is InChI=1S/C12H16N6OS/c13-12-16-9(17-18-12)5-6-14-10(19)11-15-7-3-1-2-4-8(7)20-11/h1-6H2,(H,14,19)(H3,13,16,17,18). The number of thiazole rings is 1. The summed E-state index contributed by atoms with van der Waals surface area (Å²) in [6.45, 7) is 0.484. The van der Waals surface area contributed by atoms with Gasteiger partial charge in [0.1, 0.15) is 5.82 Å². The van der Waals surface area contributed by atoms with Crippen LogP contribution in [0.1, 0.15) is 39.0 Å². The van der Waals surface area contributed by atoms with Crippen LogP contribution in [0.2, 0.25) is 0 Å². The number of hydrogen-bond donors (Lipinski definition) is 3. The number of fused-ring (bicyclic) bond motifs is 1. The Morgan fingerprint density at radius 1 is 1.35 bits per heavy atom. The zero-order chi connectivity index (χ0) is 13.9. The van der Waals surface area contributed by atoms with Crippen LogP contribution in [-0.4, -0.2) is 32.6 Å². The molecule has 20 heavy (non-hydrogen) atoms. The number of rotatable bonds is 4. The molecule has 0 saturated carbocycles. The van der Waals surface area contributed by atoms with Crippen LogP contribution in [0.25, 0.3) is 0 Å². The van der Waals surface area contributed by atoms with Crippen LogP contribution in [0, 0.1) is 0 Å². The molecule has 0 atom stereocenters. The third-order valence-electron chi connectivity index (χ3n) is 3.24. The molecule has 2 aromatic rings. The summed E-state index contributed by atoms with van der Waals surface area (Å²) in [5, 5.41) is 9.85. The number of nitrogens with two attached hydrogens (primary N) is 1. The summed E-state index contributed by atoms with van der Waals surface area (Å²) in [4.78, 5) is 21.7. The fraction of sp³-hybridized carbons (Fsp3) is 0.500. The monoisotopic (exact) mass is 292 g/mol. The van der Waals surface area contributed by atoms with Crippen molar-refractivity contribution in [3.8, 4) is 0 Å². The van der Waals surface area contributed by atoms with Crippen LogP contribution in [-0.2, 0) is 19.3 Å². The highest BCUT2D eigenvalue weighted by atomic mass is 32.1. The van der Waals surface area contributed by atoms with Crippen LogP contribution in [0.3, 0.4) is 0 Å². The molecular formula is C12H16N6OS. The van der Waals surface area contributed by atoms with E-state index in [9.17, 15) is 4.79 Å². The van der Waals surface area contributed by atoms with Gasteiger partial charge in [-0.05, 0) is 25.7 Å². The number of aromatic amines is 1. The first-order valence-corrected chi connectivity index (χ1v) is 7.47. The average Bonchev–Trinajstić information content (AvgIpc) is 3.04. The van der Waals surface area contributed by atoms with E-state index in [1.54, 1.807) is 0 Å². The van der Waals surface area contributed by atoms with Gasteiger partial charge in [0.15, 0.2) is 5.01 Å². The van der Waals surface area contributed by atoms with E-state index >= 15 is 0 Å². The summed E-state index contributed by atoms with van der Waals surface area (Å²) in [5.74, 6) is 0.775. The molecule has 2 aromatic heterocycles. The molecule has 0 fully saturated rings. The molecule has 2 heterocycles. The van der Waals surface area contributed by atoms with Gasteiger partial charge in [0, 0.05) is 17.8 Å². The SMILES string of the molecule is Nc1n[nH]c(CCNC(=O)c2nc3c(s2)CCCC3)n1. The Morgan fingerprint density at radius 2 is 2.20 bits per heavy atom. The number of H-pyrrole nitrogens is 1. The molecule has 1 aliphatic rings. The average molecular weight is 292 g/mol. The Morgan fingerprint density at radius 3 is 2.95 bits per heavy atom. The Hall–Kier alpha value is -1.96.